The van der Waals surface area contributed by atoms with Gasteiger partial charge >= 0.3 is 0 Å². The first kappa shape index (κ1) is 13.4. The molecule has 21 heavy (non-hydrogen) atoms. The molecule has 1 aliphatic rings. The van der Waals surface area contributed by atoms with Gasteiger partial charge < -0.3 is 10.4 Å². The van der Waals surface area contributed by atoms with Gasteiger partial charge in [0.25, 0.3) is 5.91 Å². The van der Waals surface area contributed by atoms with Crippen LogP contribution < -0.4 is 5.32 Å². The third-order valence-electron chi connectivity index (χ3n) is 3.47. The molecule has 1 aliphatic heterocycles. The Kier molecular flexibility index (Phi) is 3.03. The maximum Gasteiger partial charge on any atom is 0.261 e. The topological polar surface area (TPSA) is 79.3 Å². The molecule has 0 radical (unpaired) electrons. The Morgan fingerprint density at radius 3 is 2.71 bits per heavy atom. The Balaban J connectivity index is 1.97. The number of Topliss-reactive ketones (excluding diaryl/α,β-unsaturated/α-hetero) is 1. The van der Waals surface area contributed by atoms with E-state index in [4.69, 9.17) is 0 Å². The van der Waals surface area contributed by atoms with E-state index >= 15 is 0 Å². The molecule has 1 aromatic heterocycles. The molecular weight excluding hydrogens is 275 g/mol. The highest BCUT2D eigenvalue weighted by Crippen LogP contribution is 2.39. The minimum Gasteiger partial charge on any atom is -0.375 e. The van der Waals surface area contributed by atoms with Crippen molar-refractivity contribution in [1.29, 1.82) is 0 Å². The van der Waals surface area contributed by atoms with Crippen LogP contribution in [-0.2, 0) is 10.4 Å². The van der Waals surface area contributed by atoms with Gasteiger partial charge in [0.1, 0.15) is 5.82 Å². The fraction of sp³-hybridized carbons (Fsp3) is 0.133. The summed E-state index contributed by atoms with van der Waals surface area (Å²) in [6, 6.07) is 6.58. The van der Waals surface area contributed by atoms with Gasteiger partial charge in [0, 0.05) is 29.2 Å². The number of amides is 1. The van der Waals surface area contributed by atoms with Crippen LogP contribution in [0.25, 0.3) is 0 Å². The summed E-state index contributed by atoms with van der Waals surface area (Å²) in [6.07, 6.45) is 2.43. The van der Waals surface area contributed by atoms with Gasteiger partial charge in [-0.25, -0.2) is 4.39 Å². The second kappa shape index (κ2) is 4.75. The summed E-state index contributed by atoms with van der Waals surface area (Å²) in [5, 5.41) is 13.0. The molecular formula is C15H11FN2O3. The first-order chi connectivity index (χ1) is 10.0. The number of hydrogen-bond donors (Lipinski definition) is 2. The number of carbonyl (C=O) groups excluding carboxylic acids is 2. The standard InChI is InChI=1S/C15H11FN2O3/c16-10-1-2-12-11(7-10)15(21,14(20)18-12)8-13(19)9-3-5-17-6-4-9/h1-7,21H,8H2,(H,18,20)/t15-/m1/s1. The van der Waals surface area contributed by atoms with Crippen LogP contribution in [0.2, 0.25) is 0 Å². The van der Waals surface area contributed by atoms with E-state index in [1.54, 1.807) is 0 Å². The van der Waals surface area contributed by atoms with E-state index in [0.717, 1.165) is 6.07 Å². The van der Waals surface area contributed by atoms with Crippen LogP contribution in [0.4, 0.5) is 10.1 Å². The molecule has 3 rings (SSSR count). The molecule has 2 heterocycles. The zero-order valence-electron chi connectivity index (χ0n) is 10.8. The molecule has 0 bridgehead atoms. The van der Waals surface area contributed by atoms with Crippen molar-refractivity contribution in [3.63, 3.8) is 0 Å². The maximum atomic E-state index is 13.3. The number of benzene rings is 1. The number of pyridine rings is 1. The molecule has 0 aliphatic carbocycles. The average Bonchev–Trinajstić information content (AvgIpc) is 2.72. The number of aliphatic hydroxyl groups is 1. The lowest BCUT2D eigenvalue weighted by Gasteiger charge is -2.19. The van der Waals surface area contributed by atoms with E-state index < -0.39 is 29.5 Å². The number of carbonyl (C=O) groups is 2. The van der Waals surface area contributed by atoms with Gasteiger partial charge in [0.2, 0.25) is 0 Å². The summed E-state index contributed by atoms with van der Waals surface area (Å²) in [6.45, 7) is 0. The minimum atomic E-state index is -2.06. The summed E-state index contributed by atoms with van der Waals surface area (Å²) in [4.78, 5) is 28.0. The zero-order valence-corrected chi connectivity index (χ0v) is 10.8. The highest BCUT2D eigenvalue weighted by molar-refractivity contribution is 6.09. The van der Waals surface area contributed by atoms with Crippen LogP contribution in [-0.4, -0.2) is 21.8 Å². The quantitative estimate of drug-likeness (QED) is 0.841. The number of anilines is 1. The van der Waals surface area contributed by atoms with Crippen molar-refractivity contribution in [3.8, 4) is 0 Å². The third-order valence-corrected chi connectivity index (χ3v) is 3.47. The van der Waals surface area contributed by atoms with Crippen molar-refractivity contribution >= 4 is 17.4 Å². The van der Waals surface area contributed by atoms with Crippen LogP contribution in [0.3, 0.4) is 0 Å². The Bertz CT molecular complexity index is 733. The second-order valence-corrected chi connectivity index (χ2v) is 4.84. The molecule has 6 heteroatoms. The first-order valence-corrected chi connectivity index (χ1v) is 6.28. The van der Waals surface area contributed by atoms with Gasteiger partial charge in [0.05, 0.1) is 6.42 Å². The summed E-state index contributed by atoms with van der Waals surface area (Å²) in [5.74, 6) is -1.74. The molecule has 2 N–H and O–H groups in total. The van der Waals surface area contributed by atoms with E-state index in [-0.39, 0.29) is 5.56 Å². The van der Waals surface area contributed by atoms with Crippen molar-refractivity contribution in [3.05, 3.63) is 59.7 Å². The number of rotatable bonds is 3. The van der Waals surface area contributed by atoms with Gasteiger partial charge in [-0.2, -0.15) is 0 Å². The number of aromatic nitrogens is 1. The number of fused-ring (bicyclic) bond motifs is 1. The number of nitrogens with one attached hydrogen (secondary N) is 1. The smallest absolute Gasteiger partial charge is 0.261 e. The highest BCUT2D eigenvalue weighted by Gasteiger charge is 2.47. The van der Waals surface area contributed by atoms with Crippen molar-refractivity contribution in [2.24, 2.45) is 0 Å². The monoisotopic (exact) mass is 286 g/mol. The van der Waals surface area contributed by atoms with Crippen molar-refractivity contribution < 1.29 is 19.1 Å². The highest BCUT2D eigenvalue weighted by atomic mass is 19.1. The molecule has 5 nitrogen and oxygen atoms in total. The van der Waals surface area contributed by atoms with Gasteiger partial charge in [-0.3, -0.25) is 14.6 Å². The zero-order chi connectivity index (χ0) is 15.0. The van der Waals surface area contributed by atoms with E-state index in [1.807, 2.05) is 0 Å². The largest absolute Gasteiger partial charge is 0.375 e. The molecule has 0 fully saturated rings. The Morgan fingerprint density at radius 1 is 1.29 bits per heavy atom. The fourth-order valence-corrected chi connectivity index (χ4v) is 2.36. The van der Waals surface area contributed by atoms with Crippen LogP contribution >= 0.6 is 0 Å². The second-order valence-electron chi connectivity index (χ2n) is 4.84. The molecule has 1 atom stereocenters. The average molecular weight is 286 g/mol. The number of ketones is 1. The normalized spacial score (nSPS) is 20.0. The summed E-state index contributed by atoms with van der Waals surface area (Å²) >= 11 is 0. The Morgan fingerprint density at radius 2 is 2.00 bits per heavy atom. The summed E-state index contributed by atoms with van der Waals surface area (Å²) < 4.78 is 13.3. The van der Waals surface area contributed by atoms with Gasteiger partial charge in [0.15, 0.2) is 11.4 Å². The van der Waals surface area contributed by atoms with Gasteiger partial charge in [-0.05, 0) is 30.3 Å². The van der Waals surface area contributed by atoms with E-state index in [0.29, 0.717) is 11.3 Å². The van der Waals surface area contributed by atoms with Crippen LogP contribution in [0.15, 0.2) is 42.7 Å². The van der Waals surface area contributed by atoms with Crippen LogP contribution in [0, 0.1) is 5.82 Å². The van der Waals surface area contributed by atoms with E-state index in [1.165, 1.54) is 36.7 Å². The van der Waals surface area contributed by atoms with Crippen molar-refractivity contribution in [1.82, 2.24) is 4.98 Å². The summed E-state index contributed by atoms with van der Waals surface area (Å²) in [7, 11) is 0. The number of nitrogens with zero attached hydrogens (tertiary/aromatic N) is 1. The molecule has 0 unspecified atom stereocenters. The van der Waals surface area contributed by atoms with Crippen LogP contribution in [0.1, 0.15) is 22.3 Å². The fourth-order valence-electron chi connectivity index (χ4n) is 2.36. The molecule has 1 amide bonds. The van der Waals surface area contributed by atoms with E-state index in [2.05, 4.69) is 10.3 Å². The van der Waals surface area contributed by atoms with Crippen molar-refractivity contribution in [2.45, 2.75) is 12.0 Å². The van der Waals surface area contributed by atoms with Gasteiger partial charge in [-0.1, -0.05) is 0 Å². The Hall–Kier alpha value is -2.60. The van der Waals surface area contributed by atoms with Crippen molar-refractivity contribution in [2.75, 3.05) is 5.32 Å². The SMILES string of the molecule is O=C(C[C@]1(O)C(=O)Nc2ccc(F)cc21)c1ccncc1. The predicted molar refractivity (Wildman–Crippen MR) is 72.1 cm³/mol. The predicted octanol–water partition coefficient (Wildman–Crippen LogP) is 1.63. The summed E-state index contributed by atoms with van der Waals surface area (Å²) in [5.41, 5.74) is -1.34. The molecule has 106 valence electrons. The molecule has 0 saturated heterocycles. The lowest BCUT2D eigenvalue weighted by molar-refractivity contribution is -0.133. The lowest BCUT2D eigenvalue weighted by atomic mass is 9.88. The third kappa shape index (κ3) is 2.19. The first-order valence-electron chi connectivity index (χ1n) is 6.28. The lowest BCUT2D eigenvalue weighted by Crippen LogP contribution is -2.36. The number of halogens is 1. The van der Waals surface area contributed by atoms with Crippen LogP contribution in [0.5, 0.6) is 0 Å². The molecule has 2 aromatic rings. The Labute approximate surface area is 119 Å². The molecule has 1 aromatic carbocycles. The molecule has 0 spiro atoms. The van der Waals surface area contributed by atoms with E-state index in [9.17, 15) is 19.1 Å². The maximum absolute atomic E-state index is 13.3. The minimum absolute atomic E-state index is 0.0786. The number of hydrogen-bond acceptors (Lipinski definition) is 4. The molecule has 0 saturated carbocycles. The van der Waals surface area contributed by atoms with Gasteiger partial charge in [-0.15, -0.1) is 0 Å².